The van der Waals surface area contributed by atoms with E-state index in [-0.39, 0.29) is 12.3 Å². The Labute approximate surface area is 218 Å². The lowest BCUT2D eigenvalue weighted by molar-refractivity contribution is -0.384. The second-order valence-corrected chi connectivity index (χ2v) is 9.36. The molecule has 5 rings (SSSR count). The first-order chi connectivity index (χ1) is 18.3. The number of hydrogen-bond donors (Lipinski definition) is 0. The molecule has 38 heavy (non-hydrogen) atoms. The van der Waals surface area contributed by atoms with E-state index in [0.29, 0.717) is 22.9 Å². The Hall–Kier alpha value is -4.50. The Morgan fingerprint density at radius 1 is 0.947 bits per heavy atom. The molecule has 0 radical (unpaired) electrons. The van der Waals surface area contributed by atoms with Gasteiger partial charge in [-0.2, -0.15) is 0 Å². The van der Waals surface area contributed by atoms with Gasteiger partial charge < -0.3 is 18.8 Å². The molecule has 0 aliphatic carbocycles. The van der Waals surface area contributed by atoms with Crippen LogP contribution in [0.5, 0.6) is 0 Å². The number of aryl methyl sites for hydroxylation is 2. The summed E-state index contributed by atoms with van der Waals surface area (Å²) in [7, 11) is 0. The van der Waals surface area contributed by atoms with E-state index in [1.165, 1.54) is 12.1 Å². The van der Waals surface area contributed by atoms with Crippen LogP contribution in [0, 0.1) is 24.0 Å². The number of ether oxygens (including phenoxy) is 3. The van der Waals surface area contributed by atoms with E-state index < -0.39 is 35.3 Å². The molecule has 194 valence electrons. The number of carbonyl (C=O) groups excluding carboxylic acids is 2. The molecule has 4 aromatic rings. The maximum atomic E-state index is 12.9. The lowest BCUT2D eigenvalue weighted by Crippen LogP contribution is -2.32. The zero-order valence-corrected chi connectivity index (χ0v) is 20.9. The van der Waals surface area contributed by atoms with Crippen molar-refractivity contribution in [1.29, 1.82) is 0 Å². The first-order valence-corrected chi connectivity index (χ1v) is 12.2. The van der Waals surface area contributed by atoms with Gasteiger partial charge in [0.25, 0.3) is 5.69 Å². The molecule has 1 aromatic heterocycles. The van der Waals surface area contributed by atoms with Gasteiger partial charge in [0.2, 0.25) is 0 Å². The molecule has 3 aromatic carbocycles. The van der Waals surface area contributed by atoms with Crippen molar-refractivity contribution < 1.29 is 28.7 Å². The van der Waals surface area contributed by atoms with Gasteiger partial charge in [-0.25, -0.2) is 9.59 Å². The van der Waals surface area contributed by atoms with Crippen molar-refractivity contribution in [3.05, 3.63) is 111 Å². The number of nitrogens with zero attached hydrogens (tertiary/aromatic N) is 2. The zero-order chi connectivity index (χ0) is 26.8. The van der Waals surface area contributed by atoms with Crippen LogP contribution < -0.4 is 0 Å². The van der Waals surface area contributed by atoms with E-state index in [2.05, 4.69) is 0 Å². The van der Waals surface area contributed by atoms with Crippen LogP contribution >= 0.6 is 0 Å². The molecule has 2 heterocycles. The molecule has 0 saturated carbocycles. The molecular formula is C29H26N2O7. The van der Waals surface area contributed by atoms with Crippen LogP contribution in [0.1, 0.15) is 44.5 Å². The Kier molecular flexibility index (Phi) is 6.93. The van der Waals surface area contributed by atoms with Gasteiger partial charge in [0, 0.05) is 30.1 Å². The number of carbonyl (C=O) groups is 2. The van der Waals surface area contributed by atoms with Crippen molar-refractivity contribution in [3.8, 4) is 0 Å². The van der Waals surface area contributed by atoms with Crippen molar-refractivity contribution in [2.75, 3.05) is 6.61 Å². The summed E-state index contributed by atoms with van der Waals surface area (Å²) in [6, 6.07) is 20.4. The van der Waals surface area contributed by atoms with Crippen LogP contribution in [0.15, 0.2) is 79.0 Å². The number of benzene rings is 3. The molecule has 0 N–H and O–H groups in total. The quantitative estimate of drug-likeness (QED) is 0.181. The number of non-ortho nitro benzene ring substituents is 1. The predicted molar refractivity (Wildman–Crippen MR) is 139 cm³/mol. The van der Waals surface area contributed by atoms with Gasteiger partial charge in [-0.15, -0.1) is 0 Å². The highest BCUT2D eigenvalue weighted by molar-refractivity contribution is 5.90. The maximum absolute atomic E-state index is 12.9. The van der Waals surface area contributed by atoms with Crippen LogP contribution in [-0.4, -0.2) is 40.2 Å². The maximum Gasteiger partial charge on any atom is 0.338 e. The lowest BCUT2D eigenvalue weighted by Gasteiger charge is -2.19. The van der Waals surface area contributed by atoms with Gasteiger partial charge in [-0.3, -0.25) is 10.1 Å². The largest absolute Gasteiger partial charge is 0.459 e. The fourth-order valence-corrected chi connectivity index (χ4v) is 4.49. The first-order valence-electron chi connectivity index (χ1n) is 12.2. The van der Waals surface area contributed by atoms with E-state index >= 15 is 0 Å². The van der Waals surface area contributed by atoms with Crippen LogP contribution in [0.4, 0.5) is 5.69 Å². The van der Waals surface area contributed by atoms with E-state index in [4.69, 9.17) is 14.2 Å². The minimum atomic E-state index is -0.709. The molecule has 1 saturated heterocycles. The molecule has 3 atom stereocenters. The van der Waals surface area contributed by atoms with Crippen molar-refractivity contribution in [2.24, 2.45) is 0 Å². The standard InChI is InChI=1S/C29H26N2O7/c1-18-3-7-20(8-4-18)28(32)36-17-26-25(38-29(33)21-9-5-19(2)6-10-21)16-27(37-26)30-14-13-22-15-23(31(34)35)11-12-24(22)30/h3-15,25-27H,16-17H2,1-2H3/t25-,26-,27+/m0/s1. The number of aromatic nitrogens is 1. The van der Waals surface area contributed by atoms with E-state index in [1.807, 2.05) is 42.7 Å². The highest BCUT2D eigenvalue weighted by atomic mass is 16.6. The Morgan fingerprint density at radius 2 is 1.58 bits per heavy atom. The second-order valence-electron chi connectivity index (χ2n) is 9.36. The molecule has 9 heteroatoms. The first kappa shape index (κ1) is 25.2. The third-order valence-electron chi connectivity index (χ3n) is 6.62. The number of rotatable bonds is 7. The van der Waals surface area contributed by atoms with Gasteiger partial charge in [0.1, 0.15) is 25.0 Å². The third-order valence-corrected chi connectivity index (χ3v) is 6.62. The van der Waals surface area contributed by atoms with E-state index in [1.54, 1.807) is 42.6 Å². The fraction of sp³-hybridized carbons (Fsp3) is 0.241. The van der Waals surface area contributed by atoms with E-state index in [0.717, 1.165) is 16.6 Å². The van der Waals surface area contributed by atoms with Crippen LogP contribution in [0.3, 0.4) is 0 Å². The Morgan fingerprint density at radius 3 is 2.21 bits per heavy atom. The van der Waals surface area contributed by atoms with Crippen LogP contribution in [0.2, 0.25) is 0 Å². The van der Waals surface area contributed by atoms with Crippen LogP contribution in [-0.2, 0) is 14.2 Å². The number of fused-ring (bicyclic) bond motifs is 1. The summed E-state index contributed by atoms with van der Waals surface area (Å²) < 4.78 is 19.5. The van der Waals surface area contributed by atoms with Crippen LogP contribution in [0.25, 0.3) is 10.9 Å². The molecule has 1 fully saturated rings. The minimum absolute atomic E-state index is 0.00612. The van der Waals surface area contributed by atoms with Gasteiger partial charge in [-0.1, -0.05) is 35.4 Å². The molecule has 0 amide bonds. The highest BCUT2D eigenvalue weighted by Crippen LogP contribution is 2.35. The number of esters is 2. The summed E-state index contributed by atoms with van der Waals surface area (Å²) in [4.78, 5) is 36.2. The monoisotopic (exact) mass is 514 g/mol. The summed E-state index contributed by atoms with van der Waals surface area (Å²) >= 11 is 0. The summed E-state index contributed by atoms with van der Waals surface area (Å²) in [5, 5.41) is 11.8. The summed E-state index contributed by atoms with van der Waals surface area (Å²) in [6.45, 7) is 3.75. The van der Waals surface area contributed by atoms with Crippen molar-refractivity contribution >= 4 is 28.5 Å². The average molecular weight is 515 g/mol. The number of nitro benzene ring substituents is 1. The number of hydrogen-bond acceptors (Lipinski definition) is 7. The Balaban J connectivity index is 1.36. The molecular weight excluding hydrogens is 488 g/mol. The summed E-state index contributed by atoms with van der Waals surface area (Å²) in [5.74, 6) is -0.999. The van der Waals surface area contributed by atoms with Gasteiger partial charge in [0.05, 0.1) is 21.6 Å². The van der Waals surface area contributed by atoms with E-state index in [9.17, 15) is 19.7 Å². The fourth-order valence-electron chi connectivity index (χ4n) is 4.49. The molecule has 0 unspecified atom stereocenters. The minimum Gasteiger partial charge on any atom is -0.459 e. The van der Waals surface area contributed by atoms with Gasteiger partial charge >= 0.3 is 11.9 Å². The zero-order valence-electron chi connectivity index (χ0n) is 20.9. The normalized spacial score (nSPS) is 18.8. The smallest absolute Gasteiger partial charge is 0.338 e. The SMILES string of the molecule is Cc1ccc(C(=O)OC[C@@H]2O[C@@H](n3ccc4cc([N+](=O)[O-])ccc43)C[C@@H]2OC(=O)c2ccc(C)cc2)cc1. The number of nitro groups is 1. The topological polar surface area (TPSA) is 110 Å². The van der Waals surface area contributed by atoms with Gasteiger partial charge in [0.15, 0.2) is 0 Å². The average Bonchev–Trinajstić information content (AvgIpc) is 3.51. The highest BCUT2D eigenvalue weighted by Gasteiger charge is 2.40. The second kappa shape index (κ2) is 10.5. The lowest BCUT2D eigenvalue weighted by atomic mass is 10.1. The predicted octanol–water partition coefficient (Wildman–Crippen LogP) is 5.54. The third kappa shape index (κ3) is 5.28. The van der Waals surface area contributed by atoms with Gasteiger partial charge in [-0.05, 0) is 50.2 Å². The van der Waals surface area contributed by atoms with Crippen molar-refractivity contribution in [2.45, 2.75) is 38.7 Å². The molecule has 0 spiro atoms. The Bertz CT molecular complexity index is 1490. The molecule has 0 bridgehead atoms. The molecule has 1 aliphatic heterocycles. The van der Waals surface area contributed by atoms with Crippen molar-refractivity contribution in [3.63, 3.8) is 0 Å². The summed E-state index contributed by atoms with van der Waals surface area (Å²) in [6.07, 6.45) is 0.159. The van der Waals surface area contributed by atoms with Crippen molar-refractivity contribution in [1.82, 2.24) is 4.57 Å². The summed E-state index contributed by atoms with van der Waals surface area (Å²) in [5.41, 5.74) is 3.60. The molecule has 9 nitrogen and oxygen atoms in total. The molecule has 1 aliphatic rings.